The van der Waals surface area contributed by atoms with Crippen LogP contribution in [-0.2, 0) is 6.42 Å². The first kappa shape index (κ1) is 18.2. The lowest BCUT2D eigenvalue weighted by Crippen LogP contribution is -2.13. The second-order valence-electron chi connectivity index (χ2n) is 5.64. The summed E-state index contributed by atoms with van der Waals surface area (Å²) in [5.74, 6) is 1.18. The molecule has 1 heterocycles. The standard InChI is InChI=1S/C20H19N3O4/c1-4-6-13-9-15(11-17(25-2)18(13)26-3)19(24)22-16-8-5-7-14(10-16)20-23-21-12-27-20/h4-5,7-12H,1,6H2,2-3H3,(H,22,24). The molecule has 0 radical (unpaired) electrons. The molecule has 0 fully saturated rings. The number of ether oxygens (including phenoxy) is 2. The van der Waals surface area contributed by atoms with Crippen molar-refractivity contribution in [1.82, 2.24) is 10.2 Å². The molecule has 0 bridgehead atoms. The number of allylic oxidation sites excluding steroid dienone is 1. The number of methoxy groups -OCH3 is 2. The number of nitrogens with zero attached hydrogens (tertiary/aromatic N) is 2. The highest BCUT2D eigenvalue weighted by Crippen LogP contribution is 2.33. The number of hydrogen-bond donors (Lipinski definition) is 1. The summed E-state index contributed by atoms with van der Waals surface area (Å²) in [6.07, 6.45) is 3.55. The van der Waals surface area contributed by atoms with Gasteiger partial charge in [-0.1, -0.05) is 12.1 Å². The van der Waals surface area contributed by atoms with Gasteiger partial charge < -0.3 is 19.2 Å². The van der Waals surface area contributed by atoms with E-state index in [0.29, 0.717) is 40.6 Å². The van der Waals surface area contributed by atoms with Crippen LogP contribution in [0.5, 0.6) is 11.5 Å². The normalized spacial score (nSPS) is 10.3. The van der Waals surface area contributed by atoms with Crippen molar-refractivity contribution in [1.29, 1.82) is 0 Å². The average Bonchev–Trinajstić information content (AvgIpc) is 3.22. The number of carbonyl (C=O) groups is 1. The monoisotopic (exact) mass is 365 g/mol. The van der Waals surface area contributed by atoms with E-state index in [9.17, 15) is 4.79 Å². The molecule has 1 N–H and O–H groups in total. The zero-order valence-corrected chi connectivity index (χ0v) is 15.1. The van der Waals surface area contributed by atoms with Crippen LogP contribution in [-0.4, -0.2) is 30.3 Å². The van der Waals surface area contributed by atoms with Crippen molar-refractivity contribution in [3.8, 4) is 23.0 Å². The van der Waals surface area contributed by atoms with Crippen LogP contribution in [0.25, 0.3) is 11.5 Å². The second kappa shape index (κ2) is 8.18. The summed E-state index contributed by atoms with van der Waals surface area (Å²) in [4.78, 5) is 12.8. The molecule has 7 heteroatoms. The van der Waals surface area contributed by atoms with Gasteiger partial charge in [-0.05, 0) is 36.8 Å². The lowest BCUT2D eigenvalue weighted by molar-refractivity contribution is 0.102. The third-order valence-electron chi connectivity index (χ3n) is 3.91. The van der Waals surface area contributed by atoms with Gasteiger partial charge in [0.15, 0.2) is 11.5 Å². The molecule has 0 spiro atoms. The van der Waals surface area contributed by atoms with Gasteiger partial charge in [-0.25, -0.2) is 0 Å². The summed E-state index contributed by atoms with van der Waals surface area (Å²) in [6, 6.07) is 10.6. The SMILES string of the molecule is C=CCc1cc(C(=O)Nc2cccc(-c3nnco3)c2)cc(OC)c1OC. The van der Waals surface area contributed by atoms with Crippen LogP contribution in [0.1, 0.15) is 15.9 Å². The van der Waals surface area contributed by atoms with Gasteiger partial charge in [-0.2, -0.15) is 0 Å². The van der Waals surface area contributed by atoms with E-state index in [2.05, 4.69) is 22.1 Å². The molecule has 0 atom stereocenters. The van der Waals surface area contributed by atoms with Crippen molar-refractivity contribution in [2.45, 2.75) is 6.42 Å². The van der Waals surface area contributed by atoms with Crippen molar-refractivity contribution in [3.63, 3.8) is 0 Å². The van der Waals surface area contributed by atoms with Gasteiger partial charge in [0, 0.05) is 22.4 Å². The molecular formula is C20H19N3O4. The van der Waals surface area contributed by atoms with Gasteiger partial charge in [-0.3, -0.25) is 4.79 Å². The van der Waals surface area contributed by atoms with Gasteiger partial charge >= 0.3 is 0 Å². The number of rotatable bonds is 7. The Morgan fingerprint density at radius 2 is 2.11 bits per heavy atom. The summed E-state index contributed by atoms with van der Waals surface area (Å²) in [7, 11) is 3.10. The van der Waals surface area contributed by atoms with Crippen LogP contribution >= 0.6 is 0 Å². The van der Waals surface area contributed by atoms with E-state index in [1.807, 2.05) is 6.07 Å². The molecule has 0 saturated carbocycles. The Bertz CT molecular complexity index is 952. The highest BCUT2D eigenvalue weighted by atomic mass is 16.5. The minimum absolute atomic E-state index is 0.274. The highest BCUT2D eigenvalue weighted by Gasteiger charge is 2.16. The zero-order chi connectivity index (χ0) is 19.2. The predicted molar refractivity (Wildman–Crippen MR) is 101 cm³/mol. The van der Waals surface area contributed by atoms with Crippen LogP contribution in [0.4, 0.5) is 5.69 Å². The predicted octanol–water partition coefficient (Wildman–Crippen LogP) is 3.73. The van der Waals surface area contributed by atoms with Crippen molar-refractivity contribution >= 4 is 11.6 Å². The first-order chi connectivity index (χ1) is 13.2. The van der Waals surface area contributed by atoms with Crippen LogP contribution in [0, 0.1) is 0 Å². The number of amides is 1. The fraction of sp³-hybridized carbons (Fsp3) is 0.150. The van der Waals surface area contributed by atoms with E-state index in [4.69, 9.17) is 13.9 Å². The Labute approximate surface area is 156 Å². The third kappa shape index (κ3) is 3.98. The maximum Gasteiger partial charge on any atom is 0.255 e. The van der Waals surface area contributed by atoms with Gasteiger partial charge in [0.25, 0.3) is 5.91 Å². The molecule has 138 valence electrons. The van der Waals surface area contributed by atoms with Crippen molar-refractivity contribution < 1.29 is 18.7 Å². The topological polar surface area (TPSA) is 86.5 Å². The zero-order valence-electron chi connectivity index (χ0n) is 15.1. The molecular weight excluding hydrogens is 346 g/mol. The molecule has 0 aliphatic rings. The summed E-state index contributed by atoms with van der Waals surface area (Å²) < 4.78 is 16.0. The van der Waals surface area contributed by atoms with Gasteiger partial charge in [0.2, 0.25) is 12.3 Å². The van der Waals surface area contributed by atoms with Crippen LogP contribution in [0.2, 0.25) is 0 Å². The highest BCUT2D eigenvalue weighted by molar-refractivity contribution is 6.05. The summed E-state index contributed by atoms with van der Waals surface area (Å²) in [6.45, 7) is 3.75. The van der Waals surface area contributed by atoms with E-state index >= 15 is 0 Å². The summed E-state index contributed by atoms with van der Waals surface area (Å²) in [5.41, 5.74) is 2.59. The Hall–Kier alpha value is -3.61. The number of nitrogens with one attached hydrogen (secondary N) is 1. The number of benzene rings is 2. The Balaban J connectivity index is 1.89. The number of hydrogen-bond acceptors (Lipinski definition) is 6. The molecule has 3 rings (SSSR count). The molecule has 1 amide bonds. The van der Waals surface area contributed by atoms with Gasteiger partial charge in [0.1, 0.15) is 0 Å². The second-order valence-corrected chi connectivity index (χ2v) is 5.64. The third-order valence-corrected chi connectivity index (χ3v) is 3.91. The Morgan fingerprint density at radius 3 is 2.78 bits per heavy atom. The summed E-state index contributed by atoms with van der Waals surface area (Å²) >= 11 is 0. The number of carbonyl (C=O) groups excluding carboxylic acids is 1. The lowest BCUT2D eigenvalue weighted by atomic mass is 10.0. The molecule has 1 aromatic heterocycles. The quantitative estimate of drug-likeness (QED) is 0.642. The minimum atomic E-state index is -0.274. The number of aromatic nitrogens is 2. The van der Waals surface area contributed by atoms with E-state index in [-0.39, 0.29) is 5.91 Å². The number of anilines is 1. The van der Waals surface area contributed by atoms with E-state index in [0.717, 1.165) is 5.56 Å². The molecule has 0 aliphatic carbocycles. The van der Waals surface area contributed by atoms with E-state index < -0.39 is 0 Å². The summed E-state index contributed by atoms with van der Waals surface area (Å²) in [5, 5.41) is 10.4. The van der Waals surface area contributed by atoms with E-state index in [1.165, 1.54) is 13.5 Å². The first-order valence-corrected chi connectivity index (χ1v) is 8.20. The Morgan fingerprint density at radius 1 is 1.26 bits per heavy atom. The van der Waals surface area contributed by atoms with Crippen LogP contribution in [0.3, 0.4) is 0 Å². The van der Waals surface area contributed by atoms with Gasteiger partial charge in [-0.15, -0.1) is 16.8 Å². The smallest absolute Gasteiger partial charge is 0.255 e. The van der Waals surface area contributed by atoms with Crippen molar-refractivity contribution in [3.05, 3.63) is 66.6 Å². The molecule has 7 nitrogen and oxygen atoms in total. The van der Waals surface area contributed by atoms with Crippen LogP contribution < -0.4 is 14.8 Å². The molecule has 0 unspecified atom stereocenters. The maximum absolute atomic E-state index is 12.8. The fourth-order valence-corrected chi connectivity index (χ4v) is 2.71. The molecule has 3 aromatic rings. The fourth-order valence-electron chi connectivity index (χ4n) is 2.71. The first-order valence-electron chi connectivity index (χ1n) is 8.20. The van der Waals surface area contributed by atoms with Crippen molar-refractivity contribution in [2.24, 2.45) is 0 Å². The average molecular weight is 365 g/mol. The lowest BCUT2D eigenvalue weighted by Gasteiger charge is -2.14. The minimum Gasteiger partial charge on any atom is -0.493 e. The molecule has 27 heavy (non-hydrogen) atoms. The largest absolute Gasteiger partial charge is 0.493 e. The Kier molecular flexibility index (Phi) is 5.51. The van der Waals surface area contributed by atoms with Crippen LogP contribution in [0.15, 0.2) is 59.9 Å². The van der Waals surface area contributed by atoms with Crippen molar-refractivity contribution in [2.75, 3.05) is 19.5 Å². The molecule has 0 saturated heterocycles. The van der Waals surface area contributed by atoms with E-state index in [1.54, 1.807) is 43.5 Å². The molecule has 0 aliphatic heterocycles. The maximum atomic E-state index is 12.8. The molecule has 2 aromatic carbocycles. The van der Waals surface area contributed by atoms with Gasteiger partial charge in [0.05, 0.1) is 14.2 Å².